The fourth-order valence-electron chi connectivity index (χ4n) is 6.37. The molecule has 0 bridgehead atoms. The molecule has 0 saturated carbocycles. The maximum atomic E-state index is 14.2. The summed E-state index contributed by atoms with van der Waals surface area (Å²) in [5.41, 5.74) is -5.72. The van der Waals surface area contributed by atoms with Crippen LogP contribution in [0.1, 0.15) is 52.6 Å². The minimum atomic E-state index is -6.37. The molecule has 7 rings (SSSR count). The third-order valence-electron chi connectivity index (χ3n) is 8.20. The molecule has 18 nitrogen and oxygen atoms in total. The minimum Gasteiger partial charge on any atom is -0.371 e. The van der Waals surface area contributed by atoms with Crippen LogP contribution in [0.4, 0.5) is 11.4 Å². The van der Waals surface area contributed by atoms with Crippen LogP contribution in [0.15, 0.2) is 84.3 Å². The lowest BCUT2D eigenvalue weighted by Crippen LogP contribution is -2.41. The van der Waals surface area contributed by atoms with Crippen molar-refractivity contribution in [3.8, 4) is 0 Å². The number of benzene rings is 3. The van der Waals surface area contributed by atoms with Gasteiger partial charge in [0.05, 0.1) is 39.8 Å². The number of aliphatic imine (C=N–C) groups is 1. The second-order valence-electron chi connectivity index (χ2n) is 11.0. The van der Waals surface area contributed by atoms with Crippen molar-refractivity contribution in [2.45, 2.75) is 25.6 Å². The van der Waals surface area contributed by atoms with Gasteiger partial charge in [0.15, 0.2) is 23.1 Å². The highest BCUT2D eigenvalue weighted by atomic mass is 32.2. The van der Waals surface area contributed by atoms with Crippen LogP contribution in [-0.2, 0) is 40.5 Å². The highest BCUT2D eigenvalue weighted by molar-refractivity contribution is 7.91. The highest BCUT2D eigenvalue weighted by Gasteiger charge is 2.50. The molecule has 3 aliphatic carbocycles. The van der Waals surface area contributed by atoms with Gasteiger partial charge in [0, 0.05) is 27.8 Å². The van der Waals surface area contributed by atoms with Crippen molar-refractivity contribution >= 4 is 80.7 Å². The fraction of sp³-hybridized carbons (Fsp3) is 0.0357. The Hall–Kier alpha value is -5.07. The Morgan fingerprint density at radius 1 is 0.540 bits per heavy atom. The van der Waals surface area contributed by atoms with Crippen molar-refractivity contribution in [3.05, 3.63) is 93.1 Å². The van der Waals surface area contributed by atoms with Crippen LogP contribution in [0.2, 0.25) is 0 Å². The molecular weight excluding hydrogens is 749 g/mol. The summed E-state index contributed by atoms with van der Waals surface area (Å²) in [5.74, 6) is -4.54. The smallest absolute Gasteiger partial charge is 0.297 e. The van der Waals surface area contributed by atoms with Gasteiger partial charge >= 0.3 is 0 Å². The van der Waals surface area contributed by atoms with E-state index in [0.29, 0.717) is 0 Å². The van der Waals surface area contributed by atoms with E-state index in [4.69, 9.17) is 0 Å². The molecule has 1 heterocycles. The molecule has 4 aliphatic rings. The van der Waals surface area contributed by atoms with Crippen molar-refractivity contribution < 1.29 is 71.1 Å². The monoisotopic (exact) mass is 762 g/mol. The Labute approximate surface area is 279 Å². The number of hydrogen-bond donors (Lipinski definition) is 5. The van der Waals surface area contributed by atoms with E-state index in [1.165, 1.54) is 24.3 Å². The van der Waals surface area contributed by atoms with E-state index in [0.717, 1.165) is 12.1 Å². The van der Waals surface area contributed by atoms with E-state index in [-0.39, 0.29) is 33.7 Å². The maximum absolute atomic E-state index is 14.2. The number of rotatable bonds is 4. The van der Waals surface area contributed by atoms with E-state index >= 15 is 0 Å². The average Bonchev–Trinajstić information content (AvgIpc) is 3.01. The normalized spacial score (nSPS) is 18.3. The summed E-state index contributed by atoms with van der Waals surface area (Å²) in [6, 6.07) is 6.83. The first-order valence-electron chi connectivity index (χ1n) is 13.4. The van der Waals surface area contributed by atoms with Crippen LogP contribution in [0.25, 0.3) is 0 Å². The van der Waals surface area contributed by atoms with Gasteiger partial charge in [-0.1, -0.05) is 24.3 Å². The molecule has 5 N–H and O–H groups in total. The second kappa shape index (κ2) is 10.2. The fourth-order valence-corrected chi connectivity index (χ4v) is 11.3. The summed E-state index contributed by atoms with van der Waals surface area (Å²) in [6.07, 6.45) is 2.56. The zero-order valence-corrected chi connectivity index (χ0v) is 27.2. The minimum absolute atomic E-state index is 0.0228. The Bertz CT molecular complexity index is 2850. The molecule has 1 unspecified atom stereocenters. The molecule has 256 valence electrons. The number of nitrogens with one attached hydrogen (secondary N) is 1. The van der Waals surface area contributed by atoms with Crippen LogP contribution in [-0.4, -0.2) is 86.8 Å². The summed E-state index contributed by atoms with van der Waals surface area (Å²) in [7, 11) is -25.2. The van der Waals surface area contributed by atoms with E-state index in [9.17, 15) is 71.1 Å². The molecule has 0 amide bonds. The van der Waals surface area contributed by atoms with E-state index in [1.54, 1.807) is 12.1 Å². The lowest BCUT2D eigenvalue weighted by molar-refractivity contribution is 0.0972. The molecule has 3 aromatic rings. The molecule has 0 spiro atoms. The number of ketones is 4. The number of anilines is 1. The average molecular weight is 763 g/mol. The summed E-state index contributed by atoms with van der Waals surface area (Å²) in [6.45, 7) is 0. The van der Waals surface area contributed by atoms with Crippen LogP contribution < -0.4 is 5.32 Å². The number of nitrogens with zero attached hydrogens (tertiary/aromatic N) is 1. The van der Waals surface area contributed by atoms with Crippen molar-refractivity contribution in [2.75, 3.05) is 5.32 Å². The Morgan fingerprint density at radius 3 is 1.56 bits per heavy atom. The van der Waals surface area contributed by atoms with Crippen LogP contribution in [0.3, 0.4) is 0 Å². The summed E-state index contributed by atoms with van der Waals surface area (Å²) >= 11 is 0. The van der Waals surface area contributed by atoms with Crippen LogP contribution in [0, 0.1) is 0 Å². The topological polar surface area (TPSA) is 310 Å². The molecule has 1 aliphatic heterocycles. The molecule has 0 saturated heterocycles. The first kappa shape index (κ1) is 33.4. The lowest BCUT2D eigenvalue weighted by atomic mass is 9.76. The summed E-state index contributed by atoms with van der Waals surface area (Å²) < 4.78 is 140. The van der Waals surface area contributed by atoms with Gasteiger partial charge in [0.1, 0.15) is 19.6 Å². The lowest BCUT2D eigenvalue weighted by Gasteiger charge is -2.34. The number of Topliss-reactive ketones (excluding diaryl/α,β-unsaturated/α-hetero) is 2. The summed E-state index contributed by atoms with van der Waals surface area (Å²) in [5, 5.41) is 2.91. The van der Waals surface area contributed by atoms with Gasteiger partial charge in [0.2, 0.25) is 0 Å². The summed E-state index contributed by atoms with van der Waals surface area (Å²) in [4.78, 5) is 49.6. The maximum Gasteiger partial charge on any atom is 0.297 e. The van der Waals surface area contributed by atoms with Gasteiger partial charge in [-0.3, -0.25) is 37.4 Å². The molecule has 1 atom stereocenters. The number of hydrogen-bond acceptors (Lipinski definition) is 14. The number of fused-ring (bicyclic) bond motifs is 7. The third-order valence-corrected chi connectivity index (χ3v) is 12.3. The standard InChI is InChI=1S/C28H14N2O16S4/c31-21-9-3-1-2-4-10(9)22(32)15-11(21)5-7-13-19(15)29-14-8-6-12-16(20(14)30-13)24(34)18-17(23(12)33)25(47(35,36)37)27(49(41,42)43)28(50(44,45)46)26(18)48(38,39)40/h1-8,19,29H,(H,35,36,37)(H,38,39,40)(H,41,42,43)(H,44,45,46). The van der Waals surface area contributed by atoms with E-state index < -0.39 is 117 Å². The Morgan fingerprint density at radius 2 is 1.04 bits per heavy atom. The molecule has 22 heteroatoms. The largest absolute Gasteiger partial charge is 0.371 e. The number of carbonyl (C=O) groups excluding carboxylic acids is 4. The van der Waals surface area contributed by atoms with Crippen molar-refractivity contribution in [1.29, 1.82) is 0 Å². The predicted molar refractivity (Wildman–Crippen MR) is 165 cm³/mol. The molecule has 0 fully saturated rings. The predicted octanol–water partition coefficient (Wildman–Crippen LogP) is 1.26. The van der Waals surface area contributed by atoms with Gasteiger partial charge in [-0.05, 0) is 24.3 Å². The second-order valence-corrected chi connectivity index (χ2v) is 16.4. The van der Waals surface area contributed by atoms with Gasteiger partial charge in [0.25, 0.3) is 40.5 Å². The molecule has 0 aromatic heterocycles. The van der Waals surface area contributed by atoms with Crippen LogP contribution >= 0.6 is 0 Å². The molecular formula is C28H14N2O16S4. The molecule has 50 heavy (non-hydrogen) atoms. The van der Waals surface area contributed by atoms with Crippen molar-refractivity contribution in [1.82, 2.24) is 0 Å². The van der Waals surface area contributed by atoms with Gasteiger partial charge in [-0.15, -0.1) is 0 Å². The third kappa shape index (κ3) is 4.61. The number of carbonyl (C=O) groups is 4. The highest BCUT2D eigenvalue weighted by Crippen LogP contribution is 2.48. The van der Waals surface area contributed by atoms with E-state index in [1.807, 2.05) is 0 Å². The quantitative estimate of drug-likeness (QED) is 0.183. The Balaban J connectivity index is 1.53. The van der Waals surface area contributed by atoms with Crippen molar-refractivity contribution in [3.63, 3.8) is 0 Å². The van der Waals surface area contributed by atoms with E-state index in [2.05, 4.69) is 10.3 Å². The SMILES string of the molecule is O=C1C2=C(C(=O)c3ccccc31)C1Nc3ccc4c(c3N=C1C=C2)C(=O)c1c(c(S(=O)(=O)O)c(S(=O)(=O)O)c(S(=O)(=O)O)c1S(=O)(=O)O)C4=O. The van der Waals surface area contributed by atoms with Crippen LogP contribution in [0.5, 0.6) is 0 Å². The van der Waals surface area contributed by atoms with Gasteiger partial charge in [-0.25, -0.2) is 4.99 Å². The van der Waals surface area contributed by atoms with Gasteiger partial charge in [-0.2, -0.15) is 33.7 Å². The zero-order valence-electron chi connectivity index (χ0n) is 24.0. The Kier molecular flexibility index (Phi) is 6.84. The zero-order chi connectivity index (χ0) is 36.6. The number of allylic oxidation sites excluding steroid dienone is 2. The van der Waals surface area contributed by atoms with Gasteiger partial charge < -0.3 is 5.32 Å². The first-order chi connectivity index (χ1) is 23.0. The van der Waals surface area contributed by atoms with Crippen molar-refractivity contribution in [2.24, 2.45) is 4.99 Å². The first-order valence-corrected chi connectivity index (χ1v) is 19.2. The molecule has 3 aromatic carbocycles. The molecule has 0 radical (unpaired) electrons.